The zero-order valence-corrected chi connectivity index (χ0v) is 30.1. The molecule has 0 amide bonds. The van der Waals surface area contributed by atoms with Gasteiger partial charge in [0.05, 0.1) is 0 Å². The molecule has 0 saturated carbocycles. The van der Waals surface area contributed by atoms with Gasteiger partial charge in [0.2, 0.25) is 5.89 Å². The van der Waals surface area contributed by atoms with E-state index in [0.29, 0.717) is 23.4 Å². The fourth-order valence-corrected chi connectivity index (χ4v) is 8.26. The van der Waals surface area contributed by atoms with Crippen LogP contribution in [-0.4, -0.2) is 19.9 Å². The van der Waals surface area contributed by atoms with Gasteiger partial charge in [0, 0.05) is 49.6 Å². The highest BCUT2D eigenvalue weighted by Crippen LogP contribution is 2.53. The van der Waals surface area contributed by atoms with Gasteiger partial charge in [-0.25, -0.2) is 19.9 Å². The molecule has 260 valence electrons. The summed E-state index contributed by atoms with van der Waals surface area (Å²) in [5.74, 6) is 2.43. The SMILES string of the molecule is CC1(C)c2ccc(-c3ccc(-c4nc(-c5ccccc5)nc(-c5ccccc5)n4)c4c3oc3ccccc34)cc2-c2c1ccc1nc(-c3ccccc3)oc21. The Morgan fingerprint density at radius 2 is 1.04 bits per heavy atom. The average Bonchev–Trinajstić information content (AvgIpc) is 3.92. The van der Waals surface area contributed by atoms with Gasteiger partial charge in [-0.15, -0.1) is 0 Å². The first-order valence-electron chi connectivity index (χ1n) is 18.5. The van der Waals surface area contributed by atoms with E-state index in [1.54, 1.807) is 0 Å². The van der Waals surface area contributed by atoms with Crippen molar-refractivity contribution in [2.45, 2.75) is 19.3 Å². The third kappa shape index (κ3) is 4.88. The summed E-state index contributed by atoms with van der Waals surface area (Å²) in [6.07, 6.45) is 0. The summed E-state index contributed by atoms with van der Waals surface area (Å²) in [7, 11) is 0. The van der Waals surface area contributed by atoms with Crippen LogP contribution in [0, 0.1) is 0 Å². The third-order valence-corrected chi connectivity index (χ3v) is 11.0. The van der Waals surface area contributed by atoms with Gasteiger partial charge in [0.1, 0.15) is 16.7 Å². The lowest BCUT2D eigenvalue weighted by molar-refractivity contribution is 0.618. The van der Waals surface area contributed by atoms with Crippen LogP contribution in [0.5, 0.6) is 0 Å². The number of aromatic nitrogens is 4. The molecule has 0 fully saturated rings. The molecule has 7 aromatic carbocycles. The van der Waals surface area contributed by atoms with Crippen LogP contribution in [0.15, 0.2) is 167 Å². The summed E-state index contributed by atoms with van der Waals surface area (Å²) < 4.78 is 13.4. The van der Waals surface area contributed by atoms with E-state index in [4.69, 9.17) is 28.8 Å². The number of furan rings is 1. The number of hydrogen-bond donors (Lipinski definition) is 0. The lowest BCUT2D eigenvalue weighted by Gasteiger charge is -2.21. The minimum Gasteiger partial charge on any atom is -0.455 e. The molecule has 0 bridgehead atoms. The Hall–Kier alpha value is -7.18. The Kier molecular flexibility index (Phi) is 6.79. The summed E-state index contributed by atoms with van der Waals surface area (Å²) in [6.45, 7) is 4.57. The summed E-state index contributed by atoms with van der Waals surface area (Å²) in [5.41, 5.74) is 13.4. The second-order valence-electron chi connectivity index (χ2n) is 14.6. The van der Waals surface area contributed by atoms with Crippen molar-refractivity contribution in [1.82, 2.24) is 19.9 Å². The number of benzene rings is 7. The number of hydrogen-bond acceptors (Lipinski definition) is 6. The Morgan fingerprint density at radius 1 is 0.436 bits per heavy atom. The van der Waals surface area contributed by atoms with E-state index in [2.05, 4.69) is 62.4 Å². The van der Waals surface area contributed by atoms with Gasteiger partial charge in [-0.3, -0.25) is 0 Å². The van der Waals surface area contributed by atoms with Crippen molar-refractivity contribution >= 4 is 33.0 Å². The highest BCUT2D eigenvalue weighted by molar-refractivity contribution is 6.16. The molecule has 0 unspecified atom stereocenters. The van der Waals surface area contributed by atoms with E-state index < -0.39 is 0 Å². The van der Waals surface area contributed by atoms with Crippen molar-refractivity contribution in [2.75, 3.05) is 0 Å². The normalized spacial score (nSPS) is 13.1. The minimum absolute atomic E-state index is 0.221. The monoisotopic (exact) mass is 708 g/mol. The van der Waals surface area contributed by atoms with Crippen LogP contribution in [-0.2, 0) is 5.41 Å². The Morgan fingerprint density at radius 3 is 1.75 bits per heavy atom. The van der Waals surface area contributed by atoms with Crippen molar-refractivity contribution in [3.63, 3.8) is 0 Å². The topological polar surface area (TPSA) is 77.8 Å². The van der Waals surface area contributed by atoms with E-state index in [1.807, 2.05) is 109 Å². The predicted octanol–water partition coefficient (Wildman–Crippen LogP) is 12.6. The maximum absolute atomic E-state index is 6.78. The van der Waals surface area contributed by atoms with Gasteiger partial charge in [0.15, 0.2) is 23.1 Å². The number of oxazole rings is 1. The van der Waals surface area contributed by atoms with E-state index in [0.717, 1.165) is 77.5 Å². The van der Waals surface area contributed by atoms with E-state index in [1.165, 1.54) is 11.1 Å². The van der Waals surface area contributed by atoms with Crippen LogP contribution < -0.4 is 0 Å². The highest BCUT2D eigenvalue weighted by Gasteiger charge is 2.38. The van der Waals surface area contributed by atoms with Gasteiger partial charge in [0.25, 0.3) is 0 Å². The first kappa shape index (κ1) is 31.4. The fraction of sp³-hybridized carbons (Fsp3) is 0.0612. The molecule has 0 atom stereocenters. The second kappa shape index (κ2) is 11.9. The minimum atomic E-state index is -0.221. The first-order valence-corrected chi connectivity index (χ1v) is 18.5. The van der Waals surface area contributed by atoms with Crippen LogP contribution in [0.25, 0.3) is 101 Å². The van der Waals surface area contributed by atoms with Gasteiger partial charge >= 0.3 is 0 Å². The molecule has 1 aliphatic carbocycles. The number of nitrogens with zero attached hydrogens (tertiary/aromatic N) is 4. The molecular weight excluding hydrogens is 677 g/mol. The third-order valence-electron chi connectivity index (χ3n) is 11.0. The molecule has 3 heterocycles. The number of para-hydroxylation sites is 1. The predicted molar refractivity (Wildman–Crippen MR) is 219 cm³/mol. The van der Waals surface area contributed by atoms with Crippen LogP contribution in [0.1, 0.15) is 25.0 Å². The molecule has 1 aliphatic rings. The largest absolute Gasteiger partial charge is 0.455 e. The number of fused-ring (bicyclic) bond motifs is 8. The molecule has 11 rings (SSSR count). The molecule has 10 aromatic rings. The Bertz CT molecular complexity index is 3050. The van der Waals surface area contributed by atoms with Crippen molar-refractivity contribution in [3.8, 4) is 67.9 Å². The lowest BCUT2D eigenvalue weighted by atomic mass is 9.82. The summed E-state index contributed by atoms with van der Waals surface area (Å²) in [6, 6.07) is 53.7. The highest BCUT2D eigenvalue weighted by atomic mass is 16.3. The molecule has 0 spiro atoms. The molecule has 0 saturated heterocycles. The van der Waals surface area contributed by atoms with Crippen molar-refractivity contribution < 1.29 is 8.83 Å². The molecule has 55 heavy (non-hydrogen) atoms. The Balaban J connectivity index is 1.12. The van der Waals surface area contributed by atoms with Crippen molar-refractivity contribution in [3.05, 3.63) is 169 Å². The first-order chi connectivity index (χ1) is 27.0. The van der Waals surface area contributed by atoms with Crippen molar-refractivity contribution in [1.29, 1.82) is 0 Å². The van der Waals surface area contributed by atoms with Crippen LogP contribution >= 0.6 is 0 Å². The average molecular weight is 709 g/mol. The number of rotatable bonds is 5. The summed E-state index contributed by atoms with van der Waals surface area (Å²) >= 11 is 0. The van der Waals surface area contributed by atoms with Crippen LogP contribution in [0.2, 0.25) is 0 Å². The standard InChI is InChI=1S/C49H32N4O2/c1-49(2)37-25-22-32(28-36(37)42-38(49)26-27-39-44(42)55-48(50-39)31-18-10-5-11-19-31)33-23-24-35(41-34-20-12-13-21-40(34)54-43(33)41)47-52-45(29-14-6-3-7-15-29)51-46(53-47)30-16-8-4-9-17-30/h3-28H,1-2H3. The fourth-order valence-electron chi connectivity index (χ4n) is 8.26. The van der Waals surface area contributed by atoms with Crippen LogP contribution in [0.3, 0.4) is 0 Å². The van der Waals surface area contributed by atoms with Gasteiger partial charge in [-0.05, 0) is 64.7 Å². The zero-order valence-electron chi connectivity index (χ0n) is 30.1. The summed E-state index contributed by atoms with van der Waals surface area (Å²) in [5, 5.41) is 1.96. The molecule has 0 N–H and O–H groups in total. The van der Waals surface area contributed by atoms with Gasteiger partial charge in [-0.1, -0.05) is 129 Å². The lowest BCUT2D eigenvalue weighted by Crippen LogP contribution is -2.14. The molecule has 6 heteroatoms. The van der Waals surface area contributed by atoms with E-state index >= 15 is 0 Å². The van der Waals surface area contributed by atoms with Crippen molar-refractivity contribution in [2.24, 2.45) is 0 Å². The molecule has 0 aliphatic heterocycles. The van der Waals surface area contributed by atoms with Gasteiger partial charge < -0.3 is 8.83 Å². The zero-order chi connectivity index (χ0) is 36.7. The summed E-state index contributed by atoms with van der Waals surface area (Å²) in [4.78, 5) is 20.1. The maximum atomic E-state index is 6.78. The molecular formula is C49H32N4O2. The second-order valence-corrected chi connectivity index (χ2v) is 14.6. The van der Waals surface area contributed by atoms with Crippen LogP contribution in [0.4, 0.5) is 0 Å². The van der Waals surface area contributed by atoms with E-state index in [-0.39, 0.29) is 5.41 Å². The molecule has 3 aromatic heterocycles. The van der Waals surface area contributed by atoms with Gasteiger partial charge in [-0.2, -0.15) is 0 Å². The quantitative estimate of drug-likeness (QED) is 0.177. The molecule has 6 nitrogen and oxygen atoms in total. The maximum Gasteiger partial charge on any atom is 0.227 e. The Labute approximate surface area is 316 Å². The smallest absolute Gasteiger partial charge is 0.227 e. The van der Waals surface area contributed by atoms with E-state index in [9.17, 15) is 0 Å². The molecule has 0 radical (unpaired) electrons.